The summed E-state index contributed by atoms with van der Waals surface area (Å²) in [5, 5.41) is 2.53. The molecule has 0 N–H and O–H groups in total. The van der Waals surface area contributed by atoms with Crippen LogP contribution in [-0.2, 0) is 20.4 Å². The van der Waals surface area contributed by atoms with E-state index in [4.69, 9.17) is 14.2 Å². The Bertz CT molecular complexity index is 608. The SMILES string of the molecule is CCOCCOc1ccc([S+]2CCOCC2)c2ccccc12. The highest BCUT2D eigenvalue weighted by Gasteiger charge is 2.27. The molecule has 0 atom stereocenters. The fourth-order valence-electron chi connectivity index (χ4n) is 2.72. The van der Waals surface area contributed by atoms with Crippen molar-refractivity contribution in [2.45, 2.75) is 11.8 Å². The van der Waals surface area contributed by atoms with Crippen molar-refractivity contribution in [1.29, 1.82) is 0 Å². The fraction of sp³-hybridized carbons (Fsp3) is 0.444. The first kappa shape index (κ1) is 15.7. The van der Waals surface area contributed by atoms with Gasteiger partial charge in [-0.05, 0) is 25.1 Å². The molecule has 118 valence electrons. The Morgan fingerprint density at radius 1 is 1.00 bits per heavy atom. The van der Waals surface area contributed by atoms with Crippen LogP contribution in [0.25, 0.3) is 10.8 Å². The molecule has 0 unspecified atom stereocenters. The van der Waals surface area contributed by atoms with Crippen molar-refractivity contribution >= 4 is 21.7 Å². The van der Waals surface area contributed by atoms with Crippen LogP contribution in [0.1, 0.15) is 6.92 Å². The normalized spacial score (nSPS) is 16.0. The van der Waals surface area contributed by atoms with E-state index in [0.717, 1.165) is 37.1 Å². The zero-order chi connectivity index (χ0) is 15.2. The van der Waals surface area contributed by atoms with Gasteiger partial charge in [-0.1, -0.05) is 18.2 Å². The maximum absolute atomic E-state index is 5.92. The van der Waals surface area contributed by atoms with E-state index in [2.05, 4.69) is 36.4 Å². The molecule has 3 nitrogen and oxygen atoms in total. The summed E-state index contributed by atoms with van der Waals surface area (Å²) in [6.07, 6.45) is 0. The smallest absolute Gasteiger partial charge is 0.163 e. The van der Waals surface area contributed by atoms with Crippen molar-refractivity contribution in [3.8, 4) is 5.75 Å². The Morgan fingerprint density at radius 2 is 1.77 bits per heavy atom. The monoisotopic (exact) mass is 319 g/mol. The van der Waals surface area contributed by atoms with E-state index in [-0.39, 0.29) is 0 Å². The van der Waals surface area contributed by atoms with Crippen molar-refractivity contribution in [2.75, 3.05) is 44.5 Å². The minimum Gasteiger partial charge on any atom is -0.491 e. The van der Waals surface area contributed by atoms with Crippen LogP contribution in [0.4, 0.5) is 0 Å². The summed E-state index contributed by atoms with van der Waals surface area (Å²) in [4.78, 5) is 1.45. The predicted molar refractivity (Wildman–Crippen MR) is 92.1 cm³/mol. The molecule has 0 saturated carbocycles. The molecule has 0 spiro atoms. The van der Waals surface area contributed by atoms with E-state index >= 15 is 0 Å². The molecule has 1 heterocycles. The first-order valence-corrected chi connectivity index (χ1v) is 9.44. The Balaban J connectivity index is 1.86. The van der Waals surface area contributed by atoms with Crippen LogP contribution < -0.4 is 4.74 Å². The molecule has 2 aromatic rings. The predicted octanol–water partition coefficient (Wildman–Crippen LogP) is 3.26. The highest BCUT2D eigenvalue weighted by molar-refractivity contribution is 7.97. The van der Waals surface area contributed by atoms with Gasteiger partial charge in [0.15, 0.2) is 4.90 Å². The third-order valence-corrected chi connectivity index (χ3v) is 6.09. The van der Waals surface area contributed by atoms with E-state index in [9.17, 15) is 0 Å². The first-order valence-electron chi connectivity index (χ1n) is 7.87. The molecule has 0 aromatic heterocycles. The molecule has 0 radical (unpaired) electrons. The quantitative estimate of drug-likeness (QED) is 0.604. The molecule has 4 heteroatoms. The zero-order valence-electron chi connectivity index (χ0n) is 13.0. The summed E-state index contributed by atoms with van der Waals surface area (Å²) in [5.41, 5.74) is 0. The number of benzene rings is 2. The fourth-order valence-corrected chi connectivity index (χ4v) is 4.75. The Kier molecular flexibility index (Phi) is 5.59. The second-order valence-electron chi connectivity index (χ2n) is 5.17. The van der Waals surface area contributed by atoms with Gasteiger partial charge in [0.1, 0.15) is 23.9 Å². The van der Waals surface area contributed by atoms with Gasteiger partial charge in [-0.2, -0.15) is 0 Å². The lowest BCUT2D eigenvalue weighted by Crippen LogP contribution is -2.26. The summed E-state index contributed by atoms with van der Waals surface area (Å²) in [6, 6.07) is 12.9. The summed E-state index contributed by atoms with van der Waals surface area (Å²) >= 11 is 0. The topological polar surface area (TPSA) is 27.7 Å². The summed E-state index contributed by atoms with van der Waals surface area (Å²) < 4.78 is 16.8. The second kappa shape index (κ2) is 7.86. The van der Waals surface area contributed by atoms with Gasteiger partial charge in [0, 0.05) is 28.3 Å². The van der Waals surface area contributed by atoms with Gasteiger partial charge in [-0.3, -0.25) is 0 Å². The number of hydrogen-bond acceptors (Lipinski definition) is 3. The van der Waals surface area contributed by atoms with Gasteiger partial charge in [-0.25, -0.2) is 0 Å². The van der Waals surface area contributed by atoms with Crippen LogP contribution in [0, 0.1) is 0 Å². The molecule has 0 bridgehead atoms. The zero-order valence-corrected chi connectivity index (χ0v) is 13.9. The van der Waals surface area contributed by atoms with Crippen LogP contribution in [0.3, 0.4) is 0 Å². The molecule has 1 aliphatic heterocycles. The van der Waals surface area contributed by atoms with E-state index in [1.165, 1.54) is 15.7 Å². The molecular weight excluding hydrogens is 296 g/mol. The first-order chi connectivity index (χ1) is 10.9. The molecule has 1 aliphatic rings. The summed E-state index contributed by atoms with van der Waals surface area (Å²) in [7, 11) is 0.295. The molecule has 1 saturated heterocycles. The lowest BCUT2D eigenvalue weighted by molar-refractivity contribution is 0.111. The molecule has 22 heavy (non-hydrogen) atoms. The summed E-state index contributed by atoms with van der Waals surface area (Å²) in [5.74, 6) is 3.22. The maximum atomic E-state index is 5.92. The Hall–Kier alpha value is -1.23. The molecular formula is C18H23O3S+. The maximum Gasteiger partial charge on any atom is 0.163 e. The minimum absolute atomic E-state index is 0.295. The second-order valence-corrected chi connectivity index (χ2v) is 7.41. The third kappa shape index (κ3) is 3.57. The van der Waals surface area contributed by atoms with Gasteiger partial charge in [0.2, 0.25) is 0 Å². The van der Waals surface area contributed by atoms with E-state index < -0.39 is 0 Å². The summed E-state index contributed by atoms with van der Waals surface area (Å²) in [6.45, 7) is 5.71. The largest absolute Gasteiger partial charge is 0.491 e. The van der Waals surface area contributed by atoms with Crippen LogP contribution in [0.15, 0.2) is 41.3 Å². The van der Waals surface area contributed by atoms with E-state index in [1.54, 1.807) is 0 Å². The number of hydrogen-bond donors (Lipinski definition) is 0. The van der Waals surface area contributed by atoms with Crippen LogP contribution >= 0.6 is 0 Å². The van der Waals surface area contributed by atoms with Gasteiger partial charge in [0.25, 0.3) is 0 Å². The molecule has 2 aromatic carbocycles. The van der Waals surface area contributed by atoms with Crippen LogP contribution in [0.2, 0.25) is 0 Å². The van der Waals surface area contributed by atoms with E-state index in [1.807, 2.05) is 6.92 Å². The Morgan fingerprint density at radius 3 is 2.55 bits per heavy atom. The standard InChI is InChI=1S/C18H23O3S/c1-2-19-9-10-21-17-7-8-18(22-13-11-20-12-14-22)16-6-4-3-5-15(16)17/h3-8H,2,9-14H2,1H3/q+1. The van der Waals surface area contributed by atoms with Gasteiger partial charge in [0.05, 0.1) is 19.8 Å². The van der Waals surface area contributed by atoms with Crippen molar-refractivity contribution in [1.82, 2.24) is 0 Å². The highest BCUT2D eigenvalue weighted by Crippen LogP contribution is 2.33. The lowest BCUT2D eigenvalue weighted by Gasteiger charge is -2.17. The van der Waals surface area contributed by atoms with Gasteiger partial charge in [-0.15, -0.1) is 0 Å². The number of rotatable bonds is 6. The van der Waals surface area contributed by atoms with Crippen LogP contribution in [-0.4, -0.2) is 44.5 Å². The van der Waals surface area contributed by atoms with Gasteiger partial charge < -0.3 is 14.2 Å². The van der Waals surface area contributed by atoms with Crippen molar-refractivity contribution in [3.63, 3.8) is 0 Å². The highest BCUT2D eigenvalue weighted by atomic mass is 32.2. The minimum atomic E-state index is 0.295. The van der Waals surface area contributed by atoms with Gasteiger partial charge >= 0.3 is 0 Å². The van der Waals surface area contributed by atoms with Crippen molar-refractivity contribution < 1.29 is 14.2 Å². The average Bonchev–Trinajstić information content (AvgIpc) is 2.59. The van der Waals surface area contributed by atoms with Crippen molar-refractivity contribution in [3.05, 3.63) is 36.4 Å². The van der Waals surface area contributed by atoms with Crippen molar-refractivity contribution in [2.24, 2.45) is 0 Å². The number of fused-ring (bicyclic) bond motifs is 1. The van der Waals surface area contributed by atoms with Crippen LogP contribution in [0.5, 0.6) is 5.75 Å². The molecule has 1 fully saturated rings. The lowest BCUT2D eigenvalue weighted by atomic mass is 10.1. The molecule has 0 aliphatic carbocycles. The molecule has 3 rings (SSSR count). The number of ether oxygens (including phenoxy) is 3. The molecule has 0 amide bonds. The Labute approximate surface area is 134 Å². The van der Waals surface area contributed by atoms with E-state index in [0.29, 0.717) is 24.1 Å². The average molecular weight is 319 g/mol. The third-order valence-electron chi connectivity index (χ3n) is 3.79.